The Morgan fingerprint density at radius 3 is 2.72 bits per heavy atom. The number of hydrogen-bond donors (Lipinski definition) is 0. The van der Waals surface area contributed by atoms with Crippen LogP contribution in [0.1, 0.15) is 31.2 Å². The summed E-state index contributed by atoms with van der Waals surface area (Å²) in [5.74, 6) is 2.37. The van der Waals surface area contributed by atoms with Crippen molar-refractivity contribution in [2.75, 3.05) is 37.7 Å². The van der Waals surface area contributed by atoms with E-state index in [1.807, 2.05) is 10.6 Å². The number of esters is 1. The van der Waals surface area contributed by atoms with Crippen LogP contribution in [0.2, 0.25) is 0 Å². The lowest BCUT2D eigenvalue weighted by atomic mass is 10.2. The van der Waals surface area contributed by atoms with Crippen LogP contribution in [0.3, 0.4) is 0 Å². The van der Waals surface area contributed by atoms with E-state index in [9.17, 15) is 10.1 Å². The van der Waals surface area contributed by atoms with Crippen LogP contribution in [0.15, 0.2) is 12.1 Å². The second-order valence-electron chi connectivity index (χ2n) is 8.27. The summed E-state index contributed by atoms with van der Waals surface area (Å²) >= 11 is 0. The van der Waals surface area contributed by atoms with Crippen LogP contribution >= 0.6 is 10.0 Å². The predicted octanol–water partition coefficient (Wildman–Crippen LogP) is 3.43. The Hall–Kier alpha value is -2.24. The molecule has 0 bridgehead atoms. The number of fused-ring (bicyclic) bond motifs is 1. The third-order valence-corrected chi connectivity index (χ3v) is 6.08. The van der Waals surface area contributed by atoms with Crippen LogP contribution in [-0.4, -0.2) is 53.3 Å². The molecule has 0 aliphatic heterocycles. The van der Waals surface area contributed by atoms with Gasteiger partial charge in [0.25, 0.3) is 0 Å². The monoisotopic (exact) mass is 419 g/mol. The van der Waals surface area contributed by atoms with Crippen molar-refractivity contribution in [3.63, 3.8) is 0 Å². The lowest BCUT2D eigenvalue weighted by molar-refractivity contribution is -0.142. The number of rotatable bonds is 10. The third-order valence-electron chi connectivity index (χ3n) is 4.69. The zero-order chi connectivity index (χ0) is 21.0. The van der Waals surface area contributed by atoms with Crippen LogP contribution in [0.4, 0.5) is 0 Å². The topological polar surface area (TPSA) is 86.4 Å². The molecule has 1 aromatic carbocycles. The summed E-state index contributed by atoms with van der Waals surface area (Å²) in [6, 6.07) is 5.76. The number of carbonyl (C=O) groups is 1. The average molecular weight is 420 g/mol. The molecule has 0 atom stereocenters. The van der Waals surface area contributed by atoms with Gasteiger partial charge < -0.3 is 18.8 Å². The van der Waals surface area contributed by atoms with Crippen molar-refractivity contribution >= 4 is 27.0 Å². The number of carbonyl (C=O) groups excluding carboxylic acids is 1. The summed E-state index contributed by atoms with van der Waals surface area (Å²) in [4.78, 5) is 15.8. The van der Waals surface area contributed by atoms with E-state index in [-0.39, 0.29) is 12.6 Å². The Labute approximate surface area is 173 Å². The van der Waals surface area contributed by atoms with Crippen molar-refractivity contribution in [3.8, 4) is 11.8 Å². The molecule has 1 fully saturated rings. The van der Waals surface area contributed by atoms with Crippen LogP contribution in [0.25, 0.3) is 11.0 Å². The van der Waals surface area contributed by atoms with Crippen LogP contribution in [-0.2, 0) is 27.6 Å². The Bertz CT molecular complexity index is 923. The first kappa shape index (κ1) is 21.5. The summed E-state index contributed by atoms with van der Waals surface area (Å²) in [5.41, 5.74) is 1.92. The number of hydrogen-bond acceptors (Lipinski definition) is 6. The average Bonchev–Trinajstić information content (AvgIpc) is 3.42. The molecule has 3 rings (SSSR count). The van der Waals surface area contributed by atoms with Crippen molar-refractivity contribution < 1.29 is 19.0 Å². The van der Waals surface area contributed by atoms with Gasteiger partial charge in [0.1, 0.15) is 31.0 Å². The smallest absolute Gasteiger partial charge is 0.303 e. The molecule has 0 saturated heterocycles. The van der Waals surface area contributed by atoms with Gasteiger partial charge in [-0.15, -0.1) is 0 Å². The van der Waals surface area contributed by atoms with Crippen molar-refractivity contribution in [1.82, 2.24) is 9.55 Å². The summed E-state index contributed by atoms with van der Waals surface area (Å²) in [7, 11) is -0.640. The fourth-order valence-electron chi connectivity index (χ4n) is 2.79. The standard InChI is InChI=1S/C21H29N3O4S/c1-15(25)27-13-21-23-18-9-17(11-22)20(28-12-16-5-6-16)10-19(18)24(21)14-26-7-8-29(2,3)4/h9-10,16H,5-8,12-14H2,1-4H3. The Balaban J connectivity index is 1.87. The first-order valence-corrected chi connectivity index (χ1v) is 12.7. The number of nitrogens with zero attached hydrogens (tertiary/aromatic N) is 3. The minimum absolute atomic E-state index is 0.0536. The molecule has 1 saturated carbocycles. The minimum atomic E-state index is -0.640. The van der Waals surface area contributed by atoms with Gasteiger partial charge in [-0.2, -0.15) is 5.26 Å². The number of benzene rings is 1. The molecule has 1 aromatic heterocycles. The lowest BCUT2D eigenvalue weighted by Gasteiger charge is -2.24. The summed E-state index contributed by atoms with van der Waals surface area (Å²) in [6.45, 7) is 2.99. The second kappa shape index (κ2) is 9.06. The van der Waals surface area contributed by atoms with Crippen molar-refractivity contribution in [1.29, 1.82) is 5.26 Å². The highest BCUT2D eigenvalue weighted by Gasteiger charge is 2.23. The molecular weight excluding hydrogens is 390 g/mol. The molecule has 1 heterocycles. The molecule has 2 aromatic rings. The third kappa shape index (κ3) is 6.12. The van der Waals surface area contributed by atoms with Gasteiger partial charge in [0, 0.05) is 18.7 Å². The van der Waals surface area contributed by atoms with Gasteiger partial charge in [0.2, 0.25) is 0 Å². The maximum absolute atomic E-state index is 11.3. The zero-order valence-electron chi connectivity index (χ0n) is 17.6. The number of nitriles is 1. The molecule has 1 aliphatic rings. The normalized spacial score (nSPS) is 14.6. The largest absolute Gasteiger partial charge is 0.492 e. The van der Waals surface area contributed by atoms with E-state index in [1.165, 1.54) is 19.8 Å². The van der Waals surface area contributed by atoms with Gasteiger partial charge in [0.15, 0.2) is 0 Å². The summed E-state index contributed by atoms with van der Waals surface area (Å²) in [5, 5.41) is 9.50. The molecule has 158 valence electrons. The van der Waals surface area contributed by atoms with Gasteiger partial charge in [0.05, 0.1) is 29.8 Å². The minimum Gasteiger partial charge on any atom is -0.492 e. The SMILES string of the molecule is CC(=O)OCc1nc2cc(C#N)c(OCC3CC3)cc2n1COCCS(C)(C)C. The predicted molar refractivity (Wildman–Crippen MR) is 114 cm³/mol. The molecule has 8 heteroatoms. The van der Waals surface area contributed by atoms with E-state index in [4.69, 9.17) is 14.2 Å². The highest BCUT2D eigenvalue weighted by atomic mass is 32.3. The highest BCUT2D eigenvalue weighted by molar-refractivity contribution is 8.32. The van der Waals surface area contributed by atoms with Crippen LogP contribution < -0.4 is 4.74 Å². The van der Waals surface area contributed by atoms with Crippen molar-refractivity contribution in [2.24, 2.45) is 5.92 Å². The first-order valence-electron chi connectivity index (χ1n) is 9.70. The quantitative estimate of drug-likeness (QED) is 0.433. The number of imidazole rings is 1. The van der Waals surface area contributed by atoms with E-state index in [0.717, 1.165) is 11.3 Å². The van der Waals surface area contributed by atoms with Gasteiger partial charge in [-0.3, -0.25) is 4.79 Å². The maximum Gasteiger partial charge on any atom is 0.303 e. The fourth-order valence-corrected chi connectivity index (χ4v) is 3.40. The van der Waals surface area contributed by atoms with E-state index < -0.39 is 10.0 Å². The van der Waals surface area contributed by atoms with Gasteiger partial charge in [-0.1, -0.05) is 0 Å². The summed E-state index contributed by atoms with van der Waals surface area (Å²) < 4.78 is 18.9. The second-order valence-corrected chi connectivity index (χ2v) is 12.9. The Morgan fingerprint density at radius 2 is 2.10 bits per heavy atom. The molecule has 0 spiro atoms. The number of ether oxygens (including phenoxy) is 3. The molecule has 0 N–H and O–H groups in total. The molecule has 7 nitrogen and oxygen atoms in total. The maximum atomic E-state index is 11.3. The van der Waals surface area contributed by atoms with Crippen LogP contribution in [0, 0.1) is 17.2 Å². The van der Waals surface area contributed by atoms with Crippen molar-refractivity contribution in [3.05, 3.63) is 23.5 Å². The molecular formula is C21H29N3O4S. The van der Waals surface area contributed by atoms with Crippen molar-refractivity contribution in [2.45, 2.75) is 33.1 Å². The molecule has 1 aliphatic carbocycles. The van der Waals surface area contributed by atoms with Gasteiger partial charge in [-0.25, -0.2) is 15.0 Å². The molecule has 0 radical (unpaired) electrons. The van der Waals surface area contributed by atoms with Gasteiger partial charge in [-0.05, 0) is 43.6 Å². The van der Waals surface area contributed by atoms with E-state index in [0.29, 0.717) is 48.5 Å². The first-order chi connectivity index (χ1) is 13.8. The van der Waals surface area contributed by atoms with E-state index >= 15 is 0 Å². The van der Waals surface area contributed by atoms with E-state index in [2.05, 4.69) is 29.8 Å². The Morgan fingerprint density at radius 1 is 1.34 bits per heavy atom. The van der Waals surface area contributed by atoms with Crippen LogP contribution in [0.5, 0.6) is 5.75 Å². The lowest BCUT2D eigenvalue weighted by Crippen LogP contribution is -2.13. The fraction of sp³-hybridized carbons (Fsp3) is 0.571. The van der Waals surface area contributed by atoms with E-state index in [1.54, 1.807) is 6.07 Å². The zero-order valence-corrected chi connectivity index (χ0v) is 18.4. The van der Waals surface area contributed by atoms with Gasteiger partial charge >= 0.3 is 5.97 Å². The number of aromatic nitrogens is 2. The highest BCUT2D eigenvalue weighted by Crippen LogP contribution is 2.34. The Kier molecular flexibility index (Phi) is 6.70. The molecule has 29 heavy (non-hydrogen) atoms. The summed E-state index contributed by atoms with van der Waals surface area (Å²) in [6.07, 6.45) is 9.11. The molecule has 0 amide bonds. The molecule has 0 unspecified atom stereocenters.